The summed E-state index contributed by atoms with van der Waals surface area (Å²) in [6, 6.07) is 11.5. The van der Waals surface area contributed by atoms with Gasteiger partial charge < -0.3 is 25.4 Å². The van der Waals surface area contributed by atoms with E-state index in [9.17, 15) is 15.0 Å². The number of aromatic nitrogens is 2. The SMILES string of the molecule is O=c1nc(NCCc2ccccc2)ccn1[C@H]1O[C@@H](CO)[C@H](O)[C@@H]1O. The fourth-order valence-electron chi connectivity index (χ4n) is 2.79. The highest BCUT2D eigenvalue weighted by Crippen LogP contribution is 2.28. The minimum Gasteiger partial charge on any atom is -0.394 e. The molecule has 0 amide bonds. The Balaban J connectivity index is 1.64. The largest absolute Gasteiger partial charge is 0.394 e. The predicted molar refractivity (Wildman–Crippen MR) is 90.1 cm³/mol. The molecule has 1 aliphatic heterocycles. The Bertz CT molecular complexity index is 751. The average Bonchev–Trinajstić information content (AvgIpc) is 2.91. The van der Waals surface area contributed by atoms with Gasteiger partial charge >= 0.3 is 5.69 Å². The second kappa shape index (κ2) is 7.75. The third kappa shape index (κ3) is 3.88. The van der Waals surface area contributed by atoms with Gasteiger partial charge in [-0.15, -0.1) is 0 Å². The van der Waals surface area contributed by atoms with Crippen LogP contribution in [-0.2, 0) is 11.2 Å². The molecule has 1 aliphatic rings. The van der Waals surface area contributed by atoms with E-state index in [1.165, 1.54) is 11.8 Å². The zero-order chi connectivity index (χ0) is 17.8. The van der Waals surface area contributed by atoms with Gasteiger partial charge in [0.05, 0.1) is 6.61 Å². The van der Waals surface area contributed by atoms with Crippen molar-refractivity contribution >= 4 is 5.82 Å². The van der Waals surface area contributed by atoms with E-state index in [2.05, 4.69) is 10.3 Å². The second-order valence-corrected chi connectivity index (χ2v) is 5.89. The Morgan fingerprint density at radius 1 is 1.16 bits per heavy atom. The molecule has 8 heteroatoms. The van der Waals surface area contributed by atoms with E-state index >= 15 is 0 Å². The van der Waals surface area contributed by atoms with Gasteiger partial charge in [0.15, 0.2) is 6.23 Å². The third-order valence-corrected chi connectivity index (χ3v) is 4.18. The van der Waals surface area contributed by atoms with Gasteiger partial charge in [0.1, 0.15) is 24.1 Å². The minimum atomic E-state index is -1.31. The number of hydrogen-bond donors (Lipinski definition) is 4. The summed E-state index contributed by atoms with van der Waals surface area (Å²) in [7, 11) is 0. The van der Waals surface area contributed by atoms with E-state index in [0.717, 1.165) is 11.0 Å². The summed E-state index contributed by atoms with van der Waals surface area (Å²) < 4.78 is 6.44. The molecule has 0 spiro atoms. The van der Waals surface area contributed by atoms with Crippen molar-refractivity contribution in [2.75, 3.05) is 18.5 Å². The number of nitrogens with one attached hydrogen (secondary N) is 1. The zero-order valence-corrected chi connectivity index (χ0v) is 13.5. The summed E-state index contributed by atoms with van der Waals surface area (Å²) >= 11 is 0. The van der Waals surface area contributed by atoms with Crippen LogP contribution in [0.15, 0.2) is 47.4 Å². The van der Waals surface area contributed by atoms with Crippen LogP contribution in [0, 0.1) is 0 Å². The van der Waals surface area contributed by atoms with Gasteiger partial charge in [-0.2, -0.15) is 4.98 Å². The summed E-state index contributed by atoms with van der Waals surface area (Å²) in [5.74, 6) is 0.420. The topological polar surface area (TPSA) is 117 Å². The number of hydrogen-bond acceptors (Lipinski definition) is 7. The van der Waals surface area contributed by atoms with E-state index < -0.39 is 36.8 Å². The average molecular weight is 347 g/mol. The second-order valence-electron chi connectivity index (χ2n) is 5.89. The van der Waals surface area contributed by atoms with Crippen molar-refractivity contribution < 1.29 is 20.1 Å². The number of aliphatic hydroxyl groups is 3. The predicted octanol–water partition coefficient (Wildman–Crippen LogP) is -0.491. The van der Waals surface area contributed by atoms with Gasteiger partial charge in [-0.05, 0) is 18.1 Å². The van der Waals surface area contributed by atoms with Crippen molar-refractivity contribution in [3.05, 3.63) is 58.6 Å². The van der Waals surface area contributed by atoms with Crippen LogP contribution in [0.1, 0.15) is 11.8 Å². The van der Waals surface area contributed by atoms with Crippen LogP contribution < -0.4 is 11.0 Å². The molecule has 1 aromatic heterocycles. The van der Waals surface area contributed by atoms with Crippen LogP contribution in [0.3, 0.4) is 0 Å². The third-order valence-electron chi connectivity index (χ3n) is 4.18. The van der Waals surface area contributed by atoms with E-state index in [1.54, 1.807) is 6.07 Å². The lowest BCUT2D eigenvalue weighted by atomic mass is 10.1. The number of benzene rings is 1. The molecule has 0 unspecified atom stereocenters. The van der Waals surface area contributed by atoms with E-state index in [-0.39, 0.29) is 0 Å². The first-order chi connectivity index (χ1) is 12.1. The molecule has 0 bridgehead atoms. The first-order valence-corrected chi connectivity index (χ1v) is 8.09. The molecule has 0 aliphatic carbocycles. The maximum atomic E-state index is 12.2. The number of ether oxygens (including phenoxy) is 1. The van der Waals surface area contributed by atoms with Crippen molar-refractivity contribution in [2.45, 2.75) is 31.0 Å². The molecule has 8 nitrogen and oxygen atoms in total. The lowest BCUT2D eigenvalue weighted by molar-refractivity contribution is -0.0549. The van der Waals surface area contributed by atoms with Gasteiger partial charge in [-0.25, -0.2) is 4.79 Å². The highest BCUT2D eigenvalue weighted by atomic mass is 16.6. The van der Waals surface area contributed by atoms with Gasteiger partial charge in [0, 0.05) is 12.7 Å². The first-order valence-electron chi connectivity index (χ1n) is 8.09. The lowest BCUT2D eigenvalue weighted by Crippen LogP contribution is -2.36. The molecule has 4 atom stereocenters. The van der Waals surface area contributed by atoms with Crippen molar-refractivity contribution in [3.63, 3.8) is 0 Å². The number of anilines is 1. The highest BCUT2D eigenvalue weighted by molar-refractivity contribution is 5.32. The fraction of sp³-hybridized carbons (Fsp3) is 0.412. The molecule has 2 aromatic rings. The van der Waals surface area contributed by atoms with Gasteiger partial charge in [0.2, 0.25) is 0 Å². The monoisotopic (exact) mass is 347 g/mol. The minimum absolute atomic E-state index is 0.420. The summed E-state index contributed by atoms with van der Waals surface area (Å²) in [6.45, 7) is 0.171. The number of nitrogens with zero attached hydrogens (tertiary/aromatic N) is 2. The number of aliphatic hydroxyl groups excluding tert-OH is 3. The molecular weight excluding hydrogens is 326 g/mol. The van der Waals surface area contributed by atoms with Crippen molar-refractivity contribution in [3.8, 4) is 0 Å². The van der Waals surface area contributed by atoms with Crippen molar-refractivity contribution in [1.82, 2.24) is 9.55 Å². The Hall–Kier alpha value is -2.26. The smallest absolute Gasteiger partial charge is 0.351 e. The molecule has 2 heterocycles. The summed E-state index contributed by atoms with van der Waals surface area (Å²) in [5.41, 5.74) is 0.564. The molecule has 1 aromatic carbocycles. The van der Waals surface area contributed by atoms with Crippen LogP contribution in [-0.4, -0.2) is 56.3 Å². The Labute approximate surface area is 144 Å². The maximum absolute atomic E-state index is 12.2. The van der Waals surface area contributed by atoms with Gasteiger partial charge in [-0.1, -0.05) is 30.3 Å². The van der Waals surface area contributed by atoms with Gasteiger partial charge in [0.25, 0.3) is 0 Å². The Morgan fingerprint density at radius 2 is 1.92 bits per heavy atom. The van der Waals surface area contributed by atoms with Gasteiger partial charge in [-0.3, -0.25) is 4.57 Å². The molecule has 1 saturated heterocycles. The standard InChI is InChI=1S/C17H21N3O5/c21-10-12-14(22)15(23)16(25-12)20-9-7-13(19-17(20)24)18-8-6-11-4-2-1-3-5-11/h1-5,7,9,12,14-16,21-23H,6,8,10H2,(H,18,19,24)/t12-,14-,15-,16-/m0/s1. The van der Waals surface area contributed by atoms with Crippen LogP contribution >= 0.6 is 0 Å². The fourth-order valence-corrected chi connectivity index (χ4v) is 2.79. The maximum Gasteiger partial charge on any atom is 0.351 e. The molecular formula is C17H21N3O5. The summed E-state index contributed by atoms with van der Waals surface area (Å²) in [6.07, 6.45) is -2.35. The molecule has 4 N–H and O–H groups in total. The van der Waals surface area contributed by atoms with Crippen LogP contribution in [0.4, 0.5) is 5.82 Å². The molecule has 0 saturated carbocycles. The van der Waals surface area contributed by atoms with Crippen LogP contribution in [0.2, 0.25) is 0 Å². The summed E-state index contributed by atoms with van der Waals surface area (Å²) in [4.78, 5) is 16.1. The van der Waals surface area contributed by atoms with E-state index in [0.29, 0.717) is 12.4 Å². The van der Waals surface area contributed by atoms with E-state index in [1.807, 2.05) is 30.3 Å². The molecule has 3 rings (SSSR count). The van der Waals surface area contributed by atoms with Crippen LogP contribution in [0.25, 0.3) is 0 Å². The molecule has 1 fully saturated rings. The quantitative estimate of drug-likeness (QED) is 0.557. The Kier molecular flexibility index (Phi) is 5.44. The zero-order valence-electron chi connectivity index (χ0n) is 13.5. The van der Waals surface area contributed by atoms with E-state index in [4.69, 9.17) is 9.84 Å². The Morgan fingerprint density at radius 3 is 2.56 bits per heavy atom. The lowest BCUT2D eigenvalue weighted by Gasteiger charge is -2.17. The van der Waals surface area contributed by atoms with Crippen LogP contribution in [0.5, 0.6) is 0 Å². The van der Waals surface area contributed by atoms with Crippen molar-refractivity contribution in [2.24, 2.45) is 0 Å². The molecule has 25 heavy (non-hydrogen) atoms. The normalized spacial score (nSPS) is 25.9. The summed E-state index contributed by atoms with van der Waals surface area (Å²) in [5, 5.41) is 31.9. The number of rotatable bonds is 6. The highest BCUT2D eigenvalue weighted by Gasteiger charge is 2.43. The molecule has 134 valence electrons. The molecule has 0 radical (unpaired) electrons. The van der Waals surface area contributed by atoms with Crippen molar-refractivity contribution in [1.29, 1.82) is 0 Å². The first kappa shape index (κ1) is 17.6.